The van der Waals surface area contributed by atoms with Crippen molar-refractivity contribution in [1.82, 2.24) is 15.2 Å². The summed E-state index contributed by atoms with van der Waals surface area (Å²) in [6, 6.07) is 13.4. The molecule has 146 valence electrons. The summed E-state index contributed by atoms with van der Waals surface area (Å²) in [5, 5.41) is 13.6. The van der Waals surface area contributed by atoms with Crippen LogP contribution in [0, 0.1) is 5.82 Å². The Bertz CT molecular complexity index is 1150. The highest BCUT2D eigenvalue weighted by molar-refractivity contribution is 7.99. The Hall–Kier alpha value is -2.75. The summed E-state index contributed by atoms with van der Waals surface area (Å²) in [4.78, 5) is 16.6. The maximum Gasteiger partial charge on any atom is 0.277 e. The summed E-state index contributed by atoms with van der Waals surface area (Å²) in [6.07, 6.45) is 0. The van der Waals surface area contributed by atoms with Crippen molar-refractivity contribution < 1.29 is 13.6 Å². The van der Waals surface area contributed by atoms with Crippen LogP contribution in [0.5, 0.6) is 0 Å². The number of hydrogen-bond donors (Lipinski definition) is 1. The zero-order valence-electron chi connectivity index (χ0n) is 14.6. The summed E-state index contributed by atoms with van der Waals surface area (Å²) in [5.41, 5.74) is 1.88. The molecule has 0 radical (unpaired) electrons. The lowest BCUT2D eigenvalue weighted by Gasteiger charge is -2.00. The molecule has 0 unspecified atom stereocenters. The predicted molar refractivity (Wildman–Crippen MR) is 112 cm³/mol. The molecule has 29 heavy (non-hydrogen) atoms. The second-order valence-electron chi connectivity index (χ2n) is 5.73. The highest BCUT2D eigenvalue weighted by atomic mass is 35.5. The summed E-state index contributed by atoms with van der Waals surface area (Å²) in [5.74, 6) is -0.601. The third kappa shape index (κ3) is 4.81. The molecule has 4 rings (SSSR count). The van der Waals surface area contributed by atoms with Gasteiger partial charge in [0, 0.05) is 16.0 Å². The van der Waals surface area contributed by atoms with Crippen molar-refractivity contribution in [2.75, 3.05) is 11.1 Å². The molecule has 10 heteroatoms. The quantitative estimate of drug-likeness (QED) is 0.400. The molecule has 0 saturated heterocycles. The van der Waals surface area contributed by atoms with Crippen LogP contribution in [-0.2, 0) is 4.79 Å². The highest BCUT2D eigenvalue weighted by Crippen LogP contribution is 2.27. The molecule has 6 nitrogen and oxygen atoms in total. The number of anilines is 1. The normalized spacial score (nSPS) is 10.8. The monoisotopic (exact) mass is 446 g/mol. The van der Waals surface area contributed by atoms with Gasteiger partial charge in [0.1, 0.15) is 5.82 Å². The Morgan fingerprint density at radius 1 is 1.17 bits per heavy atom. The second-order valence-corrected chi connectivity index (χ2v) is 7.96. The molecule has 0 aliphatic carbocycles. The fourth-order valence-electron chi connectivity index (χ4n) is 2.38. The number of thioether (sulfide) groups is 1. The van der Waals surface area contributed by atoms with Crippen molar-refractivity contribution in [1.29, 1.82) is 0 Å². The van der Waals surface area contributed by atoms with Crippen LogP contribution < -0.4 is 5.32 Å². The molecular weight excluding hydrogens is 435 g/mol. The standard InChI is InChI=1S/C19H12ClFN4O2S2/c20-12-7-5-11(6-8-12)15-9-28-18(22-15)23-16(26)10-29-19-25-24-17(27-19)13-3-1-2-4-14(13)21/h1-9H,10H2,(H,22,23,26). The molecule has 0 aliphatic heterocycles. The number of hydrogen-bond acceptors (Lipinski definition) is 7. The molecule has 2 aromatic carbocycles. The van der Waals surface area contributed by atoms with Crippen LogP contribution in [0.2, 0.25) is 5.02 Å². The number of amides is 1. The van der Waals surface area contributed by atoms with E-state index < -0.39 is 5.82 Å². The van der Waals surface area contributed by atoms with Gasteiger partial charge in [-0.15, -0.1) is 21.5 Å². The van der Waals surface area contributed by atoms with Gasteiger partial charge in [-0.25, -0.2) is 9.37 Å². The molecule has 2 aromatic heterocycles. The van der Waals surface area contributed by atoms with Crippen LogP contribution >= 0.6 is 34.7 Å². The van der Waals surface area contributed by atoms with E-state index in [1.165, 1.54) is 17.4 Å². The van der Waals surface area contributed by atoms with E-state index in [2.05, 4.69) is 20.5 Å². The second kappa shape index (κ2) is 8.73. The van der Waals surface area contributed by atoms with Crippen LogP contribution in [-0.4, -0.2) is 26.8 Å². The van der Waals surface area contributed by atoms with Gasteiger partial charge < -0.3 is 9.73 Å². The fourth-order valence-corrected chi connectivity index (χ4v) is 3.80. The SMILES string of the molecule is O=C(CSc1nnc(-c2ccccc2F)o1)Nc1nc(-c2ccc(Cl)cc2)cs1. The number of thiazole rings is 1. The number of nitrogens with zero attached hydrogens (tertiary/aromatic N) is 3. The van der Waals surface area contributed by atoms with Gasteiger partial charge >= 0.3 is 0 Å². The minimum Gasteiger partial charge on any atom is -0.411 e. The van der Waals surface area contributed by atoms with Crippen LogP contribution in [0.3, 0.4) is 0 Å². The number of nitrogens with one attached hydrogen (secondary N) is 1. The number of carbonyl (C=O) groups is 1. The van der Waals surface area contributed by atoms with Crippen LogP contribution in [0.4, 0.5) is 9.52 Å². The minimum absolute atomic E-state index is 0.0504. The number of benzene rings is 2. The van der Waals surface area contributed by atoms with E-state index in [1.54, 1.807) is 30.3 Å². The summed E-state index contributed by atoms with van der Waals surface area (Å²) < 4.78 is 19.2. The molecule has 0 aliphatic rings. The Morgan fingerprint density at radius 2 is 1.97 bits per heavy atom. The summed E-state index contributed by atoms with van der Waals surface area (Å²) in [6.45, 7) is 0. The van der Waals surface area contributed by atoms with Crippen molar-refractivity contribution in [2.24, 2.45) is 0 Å². The van der Waals surface area contributed by atoms with Crippen LogP contribution in [0.1, 0.15) is 0 Å². The first-order chi connectivity index (χ1) is 14.1. The molecular formula is C19H12ClFN4O2S2. The lowest BCUT2D eigenvalue weighted by atomic mass is 10.2. The van der Waals surface area contributed by atoms with Crippen LogP contribution in [0.25, 0.3) is 22.7 Å². The molecule has 0 atom stereocenters. The maximum absolute atomic E-state index is 13.8. The average Bonchev–Trinajstić information content (AvgIpc) is 3.37. The van der Waals surface area contributed by atoms with Gasteiger partial charge in [0.05, 0.1) is 17.0 Å². The first kappa shape index (κ1) is 19.6. The lowest BCUT2D eigenvalue weighted by Crippen LogP contribution is -2.13. The van der Waals surface area contributed by atoms with Gasteiger partial charge in [-0.05, 0) is 24.3 Å². The van der Waals surface area contributed by atoms with Gasteiger partial charge in [-0.2, -0.15) is 0 Å². The van der Waals surface area contributed by atoms with Crippen molar-refractivity contribution in [3.63, 3.8) is 0 Å². The van der Waals surface area contributed by atoms with Gasteiger partial charge in [0.25, 0.3) is 11.1 Å². The average molecular weight is 447 g/mol. The molecule has 0 bridgehead atoms. The van der Waals surface area contributed by atoms with Crippen molar-refractivity contribution in [3.8, 4) is 22.7 Å². The van der Waals surface area contributed by atoms with Crippen LogP contribution in [0.15, 0.2) is 63.6 Å². The Morgan fingerprint density at radius 3 is 2.76 bits per heavy atom. The van der Waals surface area contributed by atoms with E-state index in [9.17, 15) is 9.18 Å². The van der Waals surface area contributed by atoms with Gasteiger partial charge in [0.2, 0.25) is 5.91 Å². The Balaban J connectivity index is 1.34. The number of carbonyl (C=O) groups excluding carboxylic acids is 1. The smallest absolute Gasteiger partial charge is 0.277 e. The number of aromatic nitrogens is 3. The zero-order valence-corrected chi connectivity index (χ0v) is 17.0. The molecule has 1 N–H and O–H groups in total. The first-order valence-electron chi connectivity index (χ1n) is 8.31. The number of halogens is 2. The lowest BCUT2D eigenvalue weighted by molar-refractivity contribution is -0.113. The first-order valence-corrected chi connectivity index (χ1v) is 10.6. The molecule has 0 spiro atoms. The molecule has 2 heterocycles. The Kier molecular flexibility index (Phi) is 5.89. The summed E-state index contributed by atoms with van der Waals surface area (Å²) in [7, 11) is 0. The van der Waals surface area contributed by atoms with E-state index in [0.717, 1.165) is 23.0 Å². The van der Waals surface area contributed by atoms with E-state index in [4.69, 9.17) is 16.0 Å². The third-order valence-corrected chi connectivity index (χ3v) is 5.56. The largest absolute Gasteiger partial charge is 0.411 e. The van der Waals surface area contributed by atoms with Crippen molar-refractivity contribution >= 4 is 45.7 Å². The van der Waals surface area contributed by atoms with Crippen molar-refractivity contribution in [3.05, 3.63) is 64.8 Å². The molecule has 0 saturated carbocycles. The van der Waals surface area contributed by atoms with Crippen molar-refractivity contribution in [2.45, 2.75) is 5.22 Å². The van der Waals surface area contributed by atoms with E-state index in [0.29, 0.717) is 10.2 Å². The zero-order chi connectivity index (χ0) is 20.2. The molecule has 0 fully saturated rings. The minimum atomic E-state index is -0.453. The van der Waals surface area contributed by atoms with E-state index in [-0.39, 0.29) is 28.3 Å². The third-order valence-electron chi connectivity index (χ3n) is 3.73. The van der Waals surface area contributed by atoms with Gasteiger partial charge in [-0.1, -0.05) is 47.6 Å². The van der Waals surface area contributed by atoms with Gasteiger partial charge in [-0.3, -0.25) is 4.79 Å². The Labute approximate surface area is 178 Å². The highest BCUT2D eigenvalue weighted by Gasteiger charge is 2.15. The molecule has 4 aromatic rings. The summed E-state index contributed by atoms with van der Waals surface area (Å²) >= 11 is 8.27. The van der Waals surface area contributed by atoms with Gasteiger partial charge in [0.15, 0.2) is 5.13 Å². The molecule has 1 amide bonds. The maximum atomic E-state index is 13.8. The topological polar surface area (TPSA) is 80.9 Å². The predicted octanol–water partition coefficient (Wildman–Crippen LogP) is 5.38. The van der Waals surface area contributed by atoms with E-state index >= 15 is 0 Å². The fraction of sp³-hybridized carbons (Fsp3) is 0.0526. The number of rotatable bonds is 6. The van der Waals surface area contributed by atoms with E-state index in [1.807, 2.05) is 17.5 Å².